The molecule has 1 amide bonds. The van der Waals surface area contributed by atoms with E-state index in [1.54, 1.807) is 49.0 Å². The number of rotatable bonds is 4. The summed E-state index contributed by atoms with van der Waals surface area (Å²) < 4.78 is 18.5. The average Bonchev–Trinajstić information content (AvgIpc) is 3.34. The van der Waals surface area contributed by atoms with E-state index < -0.39 is 0 Å². The van der Waals surface area contributed by atoms with Gasteiger partial charge in [-0.05, 0) is 55.5 Å². The molecule has 4 rings (SSSR count). The number of nitrogens with zero attached hydrogens (tertiary/aromatic N) is 2. The molecule has 0 aliphatic carbocycles. The lowest BCUT2D eigenvalue weighted by molar-refractivity contribution is 0.102. The molecule has 0 atom stereocenters. The first-order chi connectivity index (χ1) is 13.1. The van der Waals surface area contributed by atoms with Crippen molar-refractivity contribution < 1.29 is 13.6 Å². The van der Waals surface area contributed by atoms with Gasteiger partial charge in [-0.25, -0.2) is 14.4 Å². The van der Waals surface area contributed by atoms with Gasteiger partial charge in [-0.2, -0.15) is 0 Å². The Morgan fingerprint density at radius 2 is 1.96 bits per heavy atom. The Balaban J connectivity index is 1.58. The summed E-state index contributed by atoms with van der Waals surface area (Å²) in [7, 11) is 0. The van der Waals surface area contributed by atoms with Crippen molar-refractivity contribution in [1.82, 2.24) is 9.97 Å². The van der Waals surface area contributed by atoms with Gasteiger partial charge in [0.15, 0.2) is 5.76 Å². The van der Waals surface area contributed by atoms with Crippen LogP contribution in [0.1, 0.15) is 16.1 Å². The van der Waals surface area contributed by atoms with Gasteiger partial charge in [0.25, 0.3) is 5.91 Å². The standard InChI is InChI=1S/C20H14FN3O2S/c1-12-15(8-9-16(23-12)17-3-2-10-26-17)19(25)24-20-18(22-11-27-20)13-4-6-14(21)7-5-13/h2-11H,1H3,(H,24,25). The predicted octanol–water partition coefficient (Wildman–Crippen LogP) is 5.16. The number of aryl methyl sites for hydroxylation is 1. The number of benzene rings is 1. The highest BCUT2D eigenvalue weighted by Crippen LogP contribution is 2.31. The Morgan fingerprint density at radius 1 is 1.15 bits per heavy atom. The molecule has 4 aromatic rings. The topological polar surface area (TPSA) is 68.0 Å². The van der Waals surface area contributed by atoms with Gasteiger partial charge < -0.3 is 9.73 Å². The van der Waals surface area contributed by atoms with Gasteiger partial charge in [0.05, 0.1) is 23.0 Å². The fraction of sp³-hybridized carbons (Fsp3) is 0.0500. The maximum atomic E-state index is 13.1. The van der Waals surface area contributed by atoms with Gasteiger partial charge in [0.2, 0.25) is 0 Å². The van der Waals surface area contributed by atoms with Crippen molar-refractivity contribution in [2.24, 2.45) is 0 Å². The molecule has 1 N–H and O–H groups in total. The van der Waals surface area contributed by atoms with Crippen LogP contribution in [0.3, 0.4) is 0 Å². The van der Waals surface area contributed by atoms with E-state index >= 15 is 0 Å². The lowest BCUT2D eigenvalue weighted by atomic mass is 10.1. The first kappa shape index (κ1) is 17.1. The maximum Gasteiger partial charge on any atom is 0.258 e. The number of thiazole rings is 1. The third-order valence-electron chi connectivity index (χ3n) is 4.02. The van der Waals surface area contributed by atoms with E-state index in [0.29, 0.717) is 33.4 Å². The van der Waals surface area contributed by atoms with E-state index in [1.807, 2.05) is 6.07 Å². The summed E-state index contributed by atoms with van der Waals surface area (Å²) in [5.41, 5.74) is 4.69. The molecule has 3 aromatic heterocycles. The fourth-order valence-corrected chi connectivity index (χ4v) is 3.38. The van der Waals surface area contributed by atoms with Crippen LogP contribution in [0.25, 0.3) is 22.7 Å². The van der Waals surface area contributed by atoms with Crippen LogP contribution in [0.15, 0.2) is 64.7 Å². The molecule has 0 fully saturated rings. The number of anilines is 1. The van der Waals surface area contributed by atoms with Crippen LogP contribution in [0.2, 0.25) is 0 Å². The Labute approximate surface area is 158 Å². The number of halogens is 1. The van der Waals surface area contributed by atoms with Gasteiger partial charge in [0, 0.05) is 5.56 Å². The molecule has 0 bridgehead atoms. The number of amides is 1. The third-order valence-corrected chi connectivity index (χ3v) is 4.76. The third kappa shape index (κ3) is 3.50. The molecular weight excluding hydrogens is 365 g/mol. The van der Waals surface area contributed by atoms with Gasteiger partial charge in [0.1, 0.15) is 22.2 Å². The van der Waals surface area contributed by atoms with E-state index in [2.05, 4.69) is 15.3 Å². The zero-order valence-electron chi connectivity index (χ0n) is 14.3. The van der Waals surface area contributed by atoms with Crippen LogP contribution in [0.5, 0.6) is 0 Å². The molecule has 0 spiro atoms. The maximum absolute atomic E-state index is 13.1. The van der Waals surface area contributed by atoms with Gasteiger partial charge in [-0.3, -0.25) is 4.79 Å². The summed E-state index contributed by atoms with van der Waals surface area (Å²) in [5, 5.41) is 3.47. The fourth-order valence-electron chi connectivity index (χ4n) is 2.68. The smallest absolute Gasteiger partial charge is 0.258 e. The first-order valence-electron chi connectivity index (χ1n) is 8.14. The highest BCUT2D eigenvalue weighted by atomic mass is 32.1. The summed E-state index contributed by atoms with van der Waals surface area (Å²) in [6.07, 6.45) is 1.58. The van der Waals surface area contributed by atoms with Gasteiger partial charge in [-0.15, -0.1) is 11.3 Å². The van der Waals surface area contributed by atoms with Crippen LogP contribution < -0.4 is 5.32 Å². The van der Waals surface area contributed by atoms with Crippen LogP contribution in [0.4, 0.5) is 9.39 Å². The van der Waals surface area contributed by atoms with Crippen molar-refractivity contribution in [3.63, 3.8) is 0 Å². The summed E-state index contributed by atoms with van der Waals surface area (Å²) >= 11 is 1.31. The number of pyridine rings is 1. The minimum absolute atomic E-state index is 0.279. The Bertz CT molecular complexity index is 1090. The SMILES string of the molecule is Cc1nc(-c2ccco2)ccc1C(=O)Nc1scnc1-c1ccc(F)cc1. The van der Waals surface area contributed by atoms with E-state index in [9.17, 15) is 9.18 Å². The van der Waals surface area contributed by atoms with Crippen molar-refractivity contribution in [1.29, 1.82) is 0 Å². The Kier molecular flexibility index (Phi) is 4.52. The number of aromatic nitrogens is 2. The summed E-state index contributed by atoms with van der Waals surface area (Å²) in [4.78, 5) is 21.4. The van der Waals surface area contributed by atoms with Crippen LogP contribution in [-0.2, 0) is 0 Å². The van der Waals surface area contributed by atoms with Crippen LogP contribution in [0, 0.1) is 12.7 Å². The van der Waals surface area contributed by atoms with E-state index in [0.717, 1.165) is 5.56 Å². The molecule has 7 heteroatoms. The predicted molar refractivity (Wildman–Crippen MR) is 102 cm³/mol. The quantitative estimate of drug-likeness (QED) is 0.531. The van der Waals surface area contributed by atoms with Crippen molar-refractivity contribution in [2.75, 3.05) is 5.32 Å². The van der Waals surface area contributed by atoms with Crippen LogP contribution >= 0.6 is 11.3 Å². The summed E-state index contributed by atoms with van der Waals surface area (Å²) in [5.74, 6) is 0.0441. The van der Waals surface area contributed by atoms with Gasteiger partial charge in [-0.1, -0.05) is 0 Å². The molecule has 3 heterocycles. The largest absolute Gasteiger partial charge is 0.463 e. The van der Waals surface area contributed by atoms with E-state index in [1.165, 1.54) is 23.5 Å². The minimum atomic E-state index is -0.321. The highest BCUT2D eigenvalue weighted by molar-refractivity contribution is 7.14. The molecule has 27 heavy (non-hydrogen) atoms. The number of hydrogen-bond acceptors (Lipinski definition) is 5. The molecule has 0 aliphatic heterocycles. The van der Waals surface area contributed by atoms with E-state index in [-0.39, 0.29) is 11.7 Å². The molecule has 5 nitrogen and oxygen atoms in total. The lowest BCUT2D eigenvalue weighted by Crippen LogP contribution is -2.14. The van der Waals surface area contributed by atoms with Crippen molar-refractivity contribution in [3.8, 4) is 22.7 Å². The highest BCUT2D eigenvalue weighted by Gasteiger charge is 2.16. The second-order valence-corrected chi connectivity index (χ2v) is 6.65. The normalized spacial score (nSPS) is 10.7. The van der Waals surface area contributed by atoms with Crippen molar-refractivity contribution in [2.45, 2.75) is 6.92 Å². The summed E-state index contributed by atoms with van der Waals surface area (Å²) in [6, 6.07) is 13.0. The lowest BCUT2D eigenvalue weighted by Gasteiger charge is -2.08. The average molecular weight is 379 g/mol. The first-order valence-corrected chi connectivity index (χ1v) is 9.02. The molecule has 134 valence electrons. The molecule has 0 saturated heterocycles. The second-order valence-electron chi connectivity index (χ2n) is 5.80. The zero-order chi connectivity index (χ0) is 18.8. The minimum Gasteiger partial charge on any atom is -0.463 e. The molecular formula is C20H14FN3O2S. The molecule has 0 unspecified atom stereocenters. The Hall–Kier alpha value is -3.32. The molecule has 0 radical (unpaired) electrons. The molecule has 1 aromatic carbocycles. The molecule has 0 aliphatic rings. The van der Waals surface area contributed by atoms with Gasteiger partial charge >= 0.3 is 0 Å². The number of hydrogen-bond donors (Lipinski definition) is 1. The monoisotopic (exact) mass is 379 g/mol. The Morgan fingerprint density at radius 3 is 2.67 bits per heavy atom. The summed E-state index contributed by atoms with van der Waals surface area (Å²) in [6.45, 7) is 1.77. The number of furan rings is 1. The number of nitrogens with one attached hydrogen (secondary N) is 1. The van der Waals surface area contributed by atoms with Crippen molar-refractivity contribution >= 4 is 22.2 Å². The zero-order valence-corrected chi connectivity index (χ0v) is 15.1. The van der Waals surface area contributed by atoms with Crippen LogP contribution in [-0.4, -0.2) is 15.9 Å². The number of carbonyl (C=O) groups excluding carboxylic acids is 1. The molecule has 0 saturated carbocycles. The number of carbonyl (C=O) groups is 1. The second kappa shape index (κ2) is 7.13. The van der Waals surface area contributed by atoms with Crippen molar-refractivity contribution in [3.05, 3.63) is 77.4 Å². The van der Waals surface area contributed by atoms with E-state index in [4.69, 9.17) is 4.42 Å².